The van der Waals surface area contributed by atoms with Crippen molar-refractivity contribution in [2.45, 2.75) is 39.2 Å². The summed E-state index contributed by atoms with van der Waals surface area (Å²) in [7, 11) is 0. The maximum atomic E-state index is 10.4. The molecule has 0 aliphatic heterocycles. The van der Waals surface area contributed by atoms with E-state index in [0.717, 1.165) is 18.2 Å². The number of fused-ring (bicyclic) bond motifs is 2. The average Bonchev–Trinajstić information content (AvgIpc) is 2.53. The van der Waals surface area contributed by atoms with E-state index in [1.54, 1.807) is 0 Å². The second-order valence-electron chi connectivity index (χ2n) is 4.85. The first kappa shape index (κ1) is 8.09. The molecule has 2 nitrogen and oxygen atoms in total. The molecule has 0 spiro atoms. The summed E-state index contributed by atoms with van der Waals surface area (Å²) in [6.07, 6.45) is 4.89. The van der Waals surface area contributed by atoms with Gasteiger partial charge in [0.2, 0.25) is 6.41 Å². The Kier molecular flexibility index (Phi) is 1.67. The van der Waals surface area contributed by atoms with E-state index in [1.807, 2.05) is 0 Å². The van der Waals surface area contributed by atoms with Crippen LogP contribution in [0.5, 0.6) is 0 Å². The molecule has 0 heterocycles. The summed E-state index contributed by atoms with van der Waals surface area (Å²) in [4.78, 5) is 10.4. The lowest BCUT2D eigenvalue weighted by Gasteiger charge is -2.37. The first-order valence-corrected chi connectivity index (χ1v) is 4.86. The minimum Gasteiger partial charge on any atom is -0.355 e. The largest absolute Gasteiger partial charge is 0.355 e. The summed E-state index contributed by atoms with van der Waals surface area (Å²) in [5.74, 6) is 1.61. The van der Waals surface area contributed by atoms with Crippen molar-refractivity contribution in [3.8, 4) is 0 Å². The van der Waals surface area contributed by atoms with Gasteiger partial charge in [-0.1, -0.05) is 13.8 Å². The molecule has 2 saturated carbocycles. The maximum absolute atomic E-state index is 10.4. The highest BCUT2D eigenvalue weighted by Gasteiger charge is 2.52. The predicted molar refractivity (Wildman–Crippen MR) is 47.6 cm³/mol. The highest BCUT2D eigenvalue weighted by atomic mass is 16.1. The zero-order valence-electron chi connectivity index (χ0n) is 7.84. The first-order valence-electron chi connectivity index (χ1n) is 4.86. The Morgan fingerprint density at radius 3 is 2.67 bits per heavy atom. The standard InChI is InChI=1S/C10H17NO/c1-10(2)8-4-3-7(5-8)9(10)11-6-12/h6-9H,3-5H2,1-2H3,(H,11,12)/t7-,8-,9-/m0/s1. The molecule has 2 bridgehead atoms. The predicted octanol–water partition coefficient (Wildman–Crippen LogP) is 1.56. The Morgan fingerprint density at radius 1 is 1.42 bits per heavy atom. The van der Waals surface area contributed by atoms with E-state index >= 15 is 0 Å². The van der Waals surface area contributed by atoms with Crippen LogP contribution in [0.15, 0.2) is 0 Å². The number of rotatable bonds is 2. The molecule has 2 fully saturated rings. The fourth-order valence-electron chi connectivity index (χ4n) is 3.28. The fraction of sp³-hybridized carbons (Fsp3) is 0.900. The van der Waals surface area contributed by atoms with Crippen molar-refractivity contribution in [3.05, 3.63) is 0 Å². The summed E-state index contributed by atoms with van der Waals surface area (Å²) in [6.45, 7) is 4.58. The SMILES string of the molecule is CC1(C)[C@H]2CC[C@@H](C2)[C@@H]1NC=O. The van der Waals surface area contributed by atoms with E-state index in [1.165, 1.54) is 19.3 Å². The second-order valence-corrected chi connectivity index (χ2v) is 4.85. The molecule has 0 unspecified atom stereocenters. The lowest BCUT2D eigenvalue weighted by Crippen LogP contribution is -2.45. The molecule has 2 aliphatic carbocycles. The van der Waals surface area contributed by atoms with Gasteiger partial charge < -0.3 is 5.32 Å². The molecule has 0 radical (unpaired) electrons. The molecular formula is C10H17NO. The van der Waals surface area contributed by atoms with Crippen LogP contribution in [-0.4, -0.2) is 12.5 Å². The first-order chi connectivity index (χ1) is 5.66. The van der Waals surface area contributed by atoms with Crippen molar-refractivity contribution < 1.29 is 4.79 Å². The normalized spacial score (nSPS) is 43.0. The Balaban J connectivity index is 2.17. The van der Waals surface area contributed by atoms with Crippen LogP contribution in [-0.2, 0) is 4.79 Å². The van der Waals surface area contributed by atoms with Gasteiger partial charge in [-0.05, 0) is 36.5 Å². The maximum Gasteiger partial charge on any atom is 0.207 e. The highest BCUT2D eigenvalue weighted by molar-refractivity contribution is 5.47. The van der Waals surface area contributed by atoms with Crippen molar-refractivity contribution in [2.24, 2.45) is 17.3 Å². The van der Waals surface area contributed by atoms with Gasteiger partial charge in [0.05, 0.1) is 0 Å². The molecule has 1 amide bonds. The zero-order chi connectivity index (χ0) is 8.77. The van der Waals surface area contributed by atoms with Gasteiger partial charge in [-0.25, -0.2) is 0 Å². The molecule has 12 heavy (non-hydrogen) atoms. The van der Waals surface area contributed by atoms with Crippen molar-refractivity contribution in [1.82, 2.24) is 5.32 Å². The summed E-state index contributed by atoms with van der Waals surface area (Å²) in [6, 6.07) is 0.439. The van der Waals surface area contributed by atoms with E-state index in [4.69, 9.17) is 0 Å². The Labute approximate surface area is 73.7 Å². The molecule has 1 N–H and O–H groups in total. The van der Waals surface area contributed by atoms with Gasteiger partial charge in [-0.2, -0.15) is 0 Å². The van der Waals surface area contributed by atoms with E-state index in [-0.39, 0.29) is 0 Å². The molecule has 68 valence electrons. The third-order valence-corrected chi connectivity index (χ3v) is 4.05. The number of hydrogen-bond donors (Lipinski definition) is 1. The molecule has 3 atom stereocenters. The van der Waals surface area contributed by atoms with Gasteiger partial charge in [-0.15, -0.1) is 0 Å². The molecule has 2 aliphatic rings. The molecule has 0 aromatic carbocycles. The van der Waals surface area contributed by atoms with Crippen molar-refractivity contribution in [1.29, 1.82) is 0 Å². The van der Waals surface area contributed by atoms with Crippen molar-refractivity contribution in [3.63, 3.8) is 0 Å². The summed E-state index contributed by atoms with van der Waals surface area (Å²) >= 11 is 0. The minimum absolute atomic E-state index is 0.337. The van der Waals surface area contributed by atoms with Crippen LogP contribution in [0.4, 0.5) is 0 Å². The third kappa shape index (κ3) is 0.900. The smallest absolute Gasteiger partial charge is 0.207 e. The van der Waals surface area contributed by atoms with Crippen LogP contribution < -0.4 is 5.32 Å². The van der Waals surface area contributed by atoms with Gasteiger partial charge in [0.1, 0.15) is 0 Å². The Bertz CT molecular complexity index is 200. The van der Waals surface area contributed by atoms with Crippen molar-refractivity contribution >= 4 is 6.41 Å². The van der Waals surface area contributed by atoms with Gasteiger partial charge in [-0.3, -0.25) is 4.79 Å². The molecule has 0 aromatic rings. The fourth-order valence-corrected chi connectivity index (χ4v) is 3.28. The molecule has 2 heteroatoms. The summed E-state index contributed by atoms with van der Waals surface area (Å²) in [5.41, 5.74) is 0.337. The average molecular weight is 167 g/mol. The minimum atomic E-state index is 0.337. The lowest BCUT2D eigenvalue weighted by molar-refractivity contribution is -0.111. The molecular weight excluding hydrogens is 150 g/mol. The van der Waals surface area contributed by atoms with Gasteiger partial charge in [0, 0.05) is 6.04 Å². The quantitative estimate of drug-likeness (QED) is 0.621. The van der Waals surface area contributed by atoms with Crippen LogP contribution in [0.25, 0.3) is 0 Å². The number of carbonyl (C=O) groups is 1. The second kappa shape index (κ2) is 2.48. The monoisotopic (exact) mass is 167 g/mol. The van der Waals surface area contributed by atoms with E-state index in [9.17, 15) is 4.79 Å². The van der Waals surface area contributed by atoms with Crippen LogP contribution in [0.1, 0.15) is 33.1 Å². The van der Waals surface area contributed by atoms with Gasteiger partial charge >= 0.3 is 0 Å². The lowest BCUT2D eigenvalue weighted by atomic mass is 9.73. The number of hydrogen-bond acceptors (Lipinski definition) is 1. The zero-order valence-corrected chi connectivity index (χ0v) is 7.84. The highest BCUT2D eigenvalue weighted by Crippen LogP contribution is 2.55. The molecule has 2 rings (SSSR count). The summed E-state index contributed by atoms with van der Waals surface area (Å²) in [5, 5.41) is 2.99. The van der Waals surface area contributed by atoms with Crippen LogP contribution in [0.3, 0.4) is 0 Å². The molecule has 0 saturated heterocycles. The van der Waals surface area contributed by atoms with Crippen molar-refractivity contribution in [2.75, 3.05) is 0 Å². The number of nitrogens with one attached hydrogen (secondary N) is 1. The third-order valence-electron chi connectivity index (χ3n) is 4.05. The van der Waals surface area contributed by atoms with Crippen LogP contribution >= 0.6 is 0 Å². The van der Waals surface area contributed by atoms with Crippen LogP contribution in [0.2, 0.25) is 0 Å². The van der Waals surface area contributed by atoms with Gasteiger partial charge in [0.15, 0.2) is 0 Å². The van der Waals surface area contributed by atoms with E-state index in [2.05, 4.69) is 19.2 Å². The Hall–Kier alpha value is -0.530. The summed E-state index contributed by atoms with van der Waals surface area (Å²) < 4.78 is 0. The van der Waals surface area contributed by atoms with E-state index in [0.29, 0.717) is 11.5 Å². The van der Waals surface area contributed by atoms with Gasteiger partial charge in [0.25, 0.3) is 0 Å². The van der Waals surface area contributed by atoms with Crippen LogP contribution in [0, 0.1) is 17.3 Å². The number of amides is 1. The van der Waals surface area contributed by atoms with E-state index < -0.39 is 0 Å². The Morgan fingerprint density at radius 2 is 2.17 bits per heavy atom. The molecule has 0 aromatic heterocycles. The number of carbonyl (C=O) groups excluding carboxylic acids is 1. The topological polar surface area (TPSA) is 29.1 Å².